The van der Waals surface area contributed by atoms with Gasteiger partial charge in [0.05, 0.1) is 5.57 Å². The van der Waals surface area contributed by atoms with Crippen LogP contribution in [-0.2, 0) is 4.79 Å². The van der Waals surface area contributed by atoms with Gasteiger partial charge in [0.25, 0.3) is 0 Å². The van der Waals surface area contributed by atoms with Gasteiger partial charge >= 0.3 is 18.3 Å². The smallest absolute Gasteiger partial charge is 0.383 e. The number of fused-ring (bicyclic) bond motifs is 5. The second-order valence-electron chi connectivity index (χ2n) is 10.5. The summed E-state index contributed by atoms with van der Waals surface area (Å²) < 4.78 is 110. The third-order valence-corrected chi connectivity index (χ3v) is 9.44. The molecule has 3 unspecified atom stereocenters. The van der Waals surface area contributed by atoms with Gasteiger partial charge in [-0.05, 0) is 73.7 Å². The monoisotopic (exact) mass is 474 g/mol. The fourth-order valence-corrected chi connectivity index (χ4v) is 7.81. The van der Waals surface area contributed by atoms with Crippen molar-refractivity contribution in [3.8, 4) is 0 Å². The van der Waals surface area contributed by atoms with Crippen molar-refractivity contribution < 1.29 is 45.0 Å². The molecule has 0 bridgehead atoms. The Kier molecular flexibility index (Phi) is 5.01. The minimum atomic E-state index is -5.91. The van der Waals surface area contributed by atoms with E-state index in [1.807, 2.05) is 0 Å². The van der Waals surface area contributed by atoms with Crippen LogP contribution in [-0.4, -0.2) is 34.8 Å². The van der Waals surface area contributed by atoms with E-state index in [2.05, 4.69) is 0 Å². The van der Waals surface area contributed by atoms with E-state index in [-0.39, 0.29) is 62.4 Å². The number of alkyl halides is 8. The van der Waals surface area contributed by atoms with Crippen molar-refractivity contribution in [3.63, 3.8) is 0 Å². The molecule has 0 aliphatic heterocycles. The summed E-state index contributed by atoms with van der Waals surface area (Å²) in [6, 6.07) is 0. The van der Waals surface area contributed by atoms with Gasteiger partial charge in [0.2, 0.25) is 0 Å². The summed E-state index contributed by atoms with van der Waals surface area (Å²) in [5, 5.41) is 10.8. The summed E-state index contributed by atoms with van der Waals surface area (Å²) in [5.74, 6) is -7.64. The van der Waals surface area contributed by atoms with E-state index in [1.54, 1.807) is 6.92 Å². The Morgan fingerprint density at radius 1 is 0.844 bits per heavy atom. The minimum absolute atomic E-state index is 0.0416. The molecule has 0 aromatic rings. The zero-order valence-corrected chi connectivity index (χ0v) is 17.8. The van der Waals surface area contributed by atoms with Crippen LogP contribution < -0.4 is 0 Å². The van der Waals surface area contributed by atoms with E-state index in [0.717, 1.165) is 0 Å². The average molecular weight is 474 g/mol. The number of ketones is 1. The molecule has 32 heavy (non-hydrogen) atoms. The van der Waals surface area contributed by atoms with E-state index in [1.165, 1.54) is 6.92 Å². The molecular weight excluding hydrogens is 448 g/mol. The first-order chi connectivity index (χ1) is 14.4. The second-order valence-corrected chi connectivity index (χ2v) is 10.5. The molecule has 0 heterocycles. The number of carbonyl (C=O) groups is 1. The van der Waals surface area contributed by atoms with Crippen LogP contribution in [0.15, 0.2) is 11.1 Å². The van der Waals surface area contributed by atoms with Gasteiger partial charge in [-0.25, -0.2) is 0 Å². The molecule has 0 radical (unpaired) electrons. The quantitative estimate of drug-likeness (QED) is 0.448. The number of halogens is 8. The van der Waals surface area contributed by atoms with Crippen molar-refractivity contribution in [1.82, 2.24) is 0 Å². The normalized spacial score (nSPS) is 43.1. The van der Waals surface area contributed by atoms with E-state index in [9.17, 15) is 45.0 Å². The van der Waals surface area contributed by atoms with Crippen LogP contribution in [0.4, 0.5) is 35.1 Å². The molecule has 4 aliphatic rings. The first-order valence-corrected chi connectivity index (χ1v) is 10.9. The fourth-order valence-electron chi connectivity index (χ4n) is 7.81. The van der Waals surface area contributed by atoms with Gasteiger partial charge in [-0.1, -0.05) is 13.8 Å². The summed E-state index contributed by atoms with van der Waals surface area (Å²) in [6.07, 6.45) is -11.4. The lowest BCUT2D eigenvalue weighted by Crippen LogP contribution is -2.65. The molecule has 4 rings (SSSR count). The molecular formula is C22H26F8O2. The number of aliphatic hydroxyl groups is 1. The van der Waals surface area contributed by atoms with Gasteiger partial charge in [-0.15, -0.1) is 0 Å². The molecule has 3 fully saturated rings. The lowest BCUT2D eigenvalue weighted by Gasteiger charge is -2.60. The van der Waals surface area contributed by atoms with Gasteiger partial charge in [-0.3, -0.25) is 4.79 Å². The summed E-state index contributed by atoms with van der Waals surface area (Å²) in [5.41, 5.74) is -6.98. The highest BCUT2D eigenvalue weighted by Gasteiger charge is 2.79. The maximum Gasteiger partial charge on any atom is 0.456 e. The predicted molar refractivity (Wildman–Crippen MR) is 97.7 cm³/mol. The van der Waals surface area contributed by atoms with Crippen molar-refractivity contribution in [2.45, 2.75) is 89.1 Å². The van der Waals surface area contributed by atoms with E-state index in [0.29, 0.717) is 0 Å². The Balaban J connectivity index is 1.74. The minimum Gasteiger partial charge on any atom is -0.383 e. The molecule has 182 valence electrons. The number of hydrogen-bond acceptors (Lipinski definition) is 2. The van der Waals surface area contributed by atoms with Crippen LogP contribution in [0.5, 0.6) is 0 Å². The van der Waals surface area contributed by atoms with Gasteiger partial charge in [0.15, 0.2) is 5.78 Å². The lowest BCUT2D eigenvalue weighted by molar-refractivity contribution is -0.363. The topological polar surface area (TPSA) is 37.3 Å². The van der Waals surface area contributed by atoms with Crippen molar-refractivity contribution in [2.24, 2.45) is 28.6 Å². The average Bonchev–Trinajstić information content (AvgIpc) is 2.93. The Morgan fingerprint density at radius 3 is 2.00 bits per heavy atom. The highest BCUT2D eigenvalue weighted by atomic mass is 19.4. The van der Waals surface area contributed by atoms with Crippen LogP contribution in [0.25, 0.3) is 0 Å². The molecule has 0 saturated heterocycles. The zero-order chi connectivity index (χ0) is 24.1. The number of Topliss-reactive ketones (excluding diaryl/α,β-unsaturated/α-hetero) is 1. The van der Waals surface area contributed by atoms with Crippen LogP contribution in [0, 0.1) is 28.6 Å². The maximum absolute atomic E-state index is 14.5. The van der Waals surface area contributed by atoms with Gasteiger partial charge < -0.3 is 5.11 Å². The van der Waals surface area contributed by atoms with E-state index in [4.69, 9.17) is 0 Å². The third kappa shape index (κ3) is 2.83. The van der Waals surface area contributed by atoms with Gasteiger partial charge in [0.1, 0.15) is 5.60 Å². The molecule has 1 N–H and O–H groups in total. The van der Waals surface area contributed by atoms with Gasteiger partial charge in [-0.2, -0.15) is 35.1 Å². The van der Waals surface area contributed by atoms with Crippen LogP contribution in [0.1, 0.15) is 65.2 Å². The second kappa shape index (κ2) is 6.69. The maximum atomic E-state index is 14.5. The highest BCUT2D eigenvalue weighted by Crippen LogP contribution is 2.71. The number of allylic oxidation sites excluding steroid dienone is 1. The van der Waals surface area contributed by atoms with Crippen LogP contribution >= 0.6 is 0 Å². The lowest BCUT2D eigenvalue weighted by atomic mass is 9.45. The number of carbonyl (C=O) groups excluding carboxylic acids is 1. The van der Waals surface area contributed by atoms with E-state index >= 15 is 0 Å². The molecule has 6 atom stereocenters. The zero-order valence-electron chi connectivity index (χ0n) is 17.8. The number of hydrogen-bond donors (Lipinski definition) is 1. The Hall–Kier alpha value is -1.19. The molecule has 10 heteroatoms. The standard InChI is InChI=1S/C22H26F8O2/c1-17-8-7-15(31)16(20(23,24)25)14(17)4-3-11-12(17)5-9-18(2)13(11)6-10-19(18,32)21(26,27)22(28,29)30/h11-13,32H,3-10H2,1-2H3/t11?,12?,13?,17-,18+,19-/m1/s1. The Bertz CT molecular complexity index is 859. The third-order valence-electron chi connectivity index (χ3n) is 9.44. The summed E-state index contributed by atoms with van der Waals surface area (Å²) >= 11 is 0. The molecule has 0 aromatic heterocycles. The van der Waals surface area contributed by atoms with Crippen molar-refractivity contribution in [2.75, 3.05) is 0 Å². The predicted octanol–water partition coefficient (Wildman–Crippen LogP) is 6.38. The van der Waals surface area contributed by atoms with Crippen LogP contribution in [0.2, 0.25) is 0 Å². The Labute approximate surface area is 180 Å². The molecule has 2 nitrogen and oxygen atoms in total. The first-order valence-electron chi connectivity index (χ1n) is 10.9. The molecule has 0 aromatic carbocycles. The number of rotatable bonds is 1. The van der Waals surface area contributed by atoms with Crippen molar-refractivity contribution in [1.29, 1.82) is 0 Å². The SMILES string of the molecule is C[C@]12CCC(=O)C(C(F)(F)F)=C1CCC1C2CC[C@@]2(C)C1CC[C@]2(O)C(F)(F)C(F)(F)F. The molecule has 4 aliphatic carbocycles. The van der Waals surface area contributed by atoms with Crippen molar-refractivity contribution >= 4 is 5.78 Å². The first kappa shape index (κ1) is 24.0. The van der Waals surface area contributed by atoms with Gasteiger partial charge in [0, 0.05) is 11.8 Å². The summed E-state index contributed by atoms with van der Waals surface area (Å²) in [4.78, 5) is 12.1. The van der Waals surface area contributed by atoms with E-state index < -0.39 is 58.4 Å². The fraction of sp³-hybridized carbons (Fsp3) is 0.864. The molecule has 3 saturated carbocycles. The largest absolute Gasteiger partial charge is 0.456 e. The van der Waals surface area contributed by atoms with Crippen molar-refractivity contribution in [3.05, 3.63) is 11.1 Å². The molecule has 0 spiro atoms. The Morgan fingerprint density at radius 2 is 1.44 bits per heavy atom. The summed E-state index contributed by atoms with van der Waals surface area (Å²) in [7, 11) is 0. The molecule has 0 amide bonds. The van der Waals surface area contributed by atoms with Crippen LogP contribution in [0.3, 0.4) is 0 Å². The highest BCUT2D eigenvalue weighted by molar-refractivity contribution is 5.98. The summed E-state index contributed by atoms with van der Waals surface area (Å²) in [6.45, 7) is 2.95.